The molecule has 1 aromatic carbocycles. The Morgan fingerprint density at radius 1 is 1.15 bits per heavy atom. The van der Waals surface area contributed by atoms with Crippen molar-refractivity contribution in [3.63, 3.8) is 0 Å². The van der Waals surface area contributed by atoms with Crippen molar-refractivity contribution in [1.82, 2.24) is 15.3 Å². The molecule has 0 aliphatic carbocycles. The first-order valence-corrected chi connectivity index (χ1v) is 6.58. The first-order chi connectivity index (χ1) is 9.84. The van der Waals surface area contributed by atoms with Crippen molar-refractivity contribution in [2.45, 2.75) is 6.42 Å². The van der Waals surface area contributed by atoms with Gasteiger partial charge in [0.05, 0.1) is 5.56 Å². The Bertz CT molecular complexity index is 719. The van der Waals surface area contributed by atoms with Crippen molar-refractivity contribution < 1.29 is 4.79 Å². The van der Waals surface area contributed by atoms with Crippen LogP contribution in [0, 0.1) is 0 Å². The number of hydrogen-bond acceptors (Lipinski definition) is 2. The summed E-state index contributed by atoms with van der Waals surface area (Å²) in [5.41, 5.74) is 2.83. The average Bonchev–Trinajstić information content (AvgIpc) is 2.92. The van der Waals surface area contributed by atoms with E-state index >= 15 is 0 Å². The van der Waals surface area contributed by atoms with Crippen molar-refractivity contribution in [2.24, 2.45) is 0 Å². The third-order valence-corrected chi connectivity index (χ3v) is 3.28. The molecular weight excluding hydrogens is 250 g/mol. The van der Waals surface area contributed by atoms with Crippen LogP contribution in [0.3, 0.4) is 0 Å². The van der Waals surface area contributed by atoms with Crippen LogP contribution in [-0.2, 0) is 6.42 Å². The number of carbonyl (C=O) groups excluding carboxylic acids is 1. The number of pyridine rings is 1. The highest BCUT2D eigenvalue weighted by atomic mass is 16.1. The van der Waals surface area contributed by atoms with Crippen LogP contribution in [0.25, 0.3) is 10.9 Å². The van der Waals surface area contributed by atoms with E-state index in [1.54, 1.807) is 18.6 Å². The number of H-pyrrole nitrogens is 1. The van der Waals surface area contributed by atoms with Gasteiger partial charge >= 0.3 is 0 Å². The highest BCUT2D eigenvalue weighted by Crippen LogP contribution is 2.17. The Kier molecular flexibility index (Phi) is 3.46. The normalized spacial score (nSPS) is 10.6. The lowest BCUT2D eigenvalue weighted by atomic mass is 10.1. The number of carbonyl (C=O) groups is 1. The number of rotatable bonds is 4. The monoisotopic (exact) mass is 265 g/mol. The van der Waals surface area contributed by atoms with Crippen molar-refractivity contribution in [3.8, 4) is 0 Å². The van der Waals surface area contributed by atoms with E-state index in [0.29, 0.717) is 12.1 Å². The second-order valence-corrected chi connectivity index (χ2v) is 4.61. The summed E-state index contributed by atoms with van der Waals surface area (Å²) in [5, 5.41) is 3.90. The lowest BCUT2D eigenvalue weighted by molar-refractivity contribution is 0.0956. The zero-order chi connectivity index (χ0) is 13.8. The fourth-order valence-electron chi connectivity index (χ4n) is 2.22. The third kappa shape index (κ3) is 2.54. The zero-order valence-corrected chi connectivity index (χ0v) is 11.0. The van der Waals surface area contributed by atoms with E-state index in [1.807, 2.05) is 36.4 Å². The smallest absolute Gasteiger partial charge is 0.253 e. The molecule has 2 heterocycles. The van der Waals surface area contributed by atoms with Crippen LogP contribution in [-0.4, -0.2) is 22.4 Å². The molecule has 3 aromatic rings. The molecule has 0 radical (unpaired) electrons. The van der Waals surface area contributed by atoms with E-state index in [1.165, 1.54) is 5.56 Å². The molecule has 0 aliphatic heterocycles. The number of amides is 1. The molecule has 4 nitrogen and oxygen atoms in total. The van der Waals surface area contributed by atoms with Gasteiger partial charge in [0, 0.05) is 36.0 Å². The summed E-state index contributed by atoms with van der Waals surface area (Å²) in [6.07, 6.45) is 6.08. The molecule has 20 heavy (non-hydrogen) atoms. The van der Waals surface area contributed by atoms with Crippen molar-refractivity contribution >= 4 is 16.8 Å². The standard InChI is InChI=1S/C16H15N3O/c20-16(18-10-7-12-5-8-17-9-6-12)14-11-19-15-4-2-1-3-13(14)15/h1-6,8-9,11,19H,7,10H2,(H,18,20). The number of nitrogens with zero attached hydrogens (tertiary/aromatic N) is 1. The number of nitrogens with one attached hydrogen (secondary N) is 2. The van der Waals surface area contributed by atoms with Crippen LogP contribution in [0.15, 0.2) is 55.0 Å². The number of hydrogen-bond donors (Lipinski definition) is 2. The van der Waals surface area contributed by atoms with Gasteiger partial charge in [0.2, 0.25) is 0 Å². The van der Waals surface area contributed by atoms with Gasteiger partial charge in [0.25, 0.3) is 5.91 Å². The first kappa shape index (κ1) is 12.4. The number of aromatic amines is 1. The molecule has 0 spiro atoms. The summed E-state index contributed by atoms with van der Waals surface area (Å²) in [7, 11) is 0. The lowest BCUT2D eigenvalue weighted by Gasteiger charge is -2.04. The van der Waals surface area contributed by atoms with Crippen LogP contribution < -0.4 is 5.32 Å². The second kappa shape index (κ2) is 5.57. The number of aromatic nitrogens is 2. The van der Waals surface area contributed by atoms with Gasteiger partial charge in [-0.25, -0.2) is 0 Å². The van der Waals surface area contributed by atoms with Crippen LogP contribution in [0.1, 0.15) is 15.9 Å². The van der Waals surface area contributed by atoms with E-state index in [0.717, 1.165) is 17.3 Å². The maximum Gasteiger partial charge on any atom is 0.253 e. The minimum atomic E-state index is -0.0449. The van der Waals surface area contributed by atoms with Gasteiger partial charge in [-0.1, -0.05) is 18.2 Å². The maximum absolute atomic E-state index is 12.2. The van der Waals surface area contributed by atoms with Crippen LogP contribution >= 0.6 is 0 Å². The summed E-state index contributed by atoms with van der Waals surface area (Å²) in [5.74, 6) is -0.0449. The fraction of sp³-hybridized carbons (Fsp3) is 0.125. The summed E-state index contributed by atoms with van der Waals surface area (Å²) in [6.45, 7) is 0.613. The molecule has 4 heteroatoms. The molecular formula is C16H15N3O. The largest absolute Gasteiger partial charge is 0.360 e. The zero-order valence-electron chi connectivity index (χ0n) is 11.0. The SMILES string of the molecule is O=C(NCCc1ccncc1)c1c[nH]c2ccccc12. The van der Waals surface area contributed by atoms with Crippen LogP contribution in [0.4, 0.5) is 0 Å². The Balaban J connectivity index is 1.65. The molecule has 0 aliphatic rings. The van der Waals surface area contributed by atoms with Gasteiger partial charge in [-0.3, -0.25) is 9.78 Å². The summed E-state index contributed by atoms with van der Waals surface area (Å²) >= 11 is 0. The molecule has 3 rings (SSSR count). The Hall–Kier alpha value is -2.62. The highest BCUT2D eigenvalue weighted by molar-refractivity contribution is 6.06. The second-order valence-electron chi connectivity index (χ2n) is 4.61. The van der Waals surface area contributed by atoms with Crippen molar-refractivity contribution in [2.75, 3.05) is 6.54 Å². The summed E-state index contributed by atoms with van der Waals surface area (Å²) in [4.78, 5) is 19.2. The van der Waals surface area contributed by atoms with Gasteiger partial charge in [-0.15, -0.1) is 0 Å². The molecule has 0 saturated heterocycles. The first-order valence-electron chi connectivity index (χ1n) is 6.58. The van der Waals surface area contributed by atoms with Crippen LogP contribution in [0.5, 0.6) is 0 Å². The summed E-state index contributed by atoms with van der Waals surface area (Å²) in [6, 6.07) is 11.7. The van der Waals surface area contributed by atoms with Gasteiger partial charge in [-0.05, 0) is 30.2 Å². The Morgan fingerprint density at radius 3 is 2.80 bits per heavy atom. The Labute approximate surface area is 116 Å². The minimum Gasteiger partial charge on any atom is -0.360 e. The van der Waals surface area contributed by atoms with E-state index in [4.69, 9.17) is 0 Å². The third-order valence-electron chi connectivity index (χ3n) is 3.28. The molecule has 1 amide bonds. The van der Waals surface area contributed by atoms with E-state index in [-0.39, 0.29) is 5.91 Å². The molecule has 0 unspecified atom stereocenters. The number of para-hydroxylation sites is 1. The molecule has 0 fully saturated rings. The lowest BCUT2D eigenvalue weighted by Crippen LogP contribution is -2.25. The van der Waals surface area contributed by atoms with Crippen molar-refractivity contribution in [3.05, 3.63) is 66.1 Å². The summed E-state index contributed by atoms with van der Waals surface area (Å²) < 4.78 is 0. The van der Waals surface area contributed by atoms with Gasteiger partial charge in [0.1, 0.15) is 0 Å². The number of benzene rings is 1. The molecule has 2 aromatic heterocycles. The van der Waals surface area contributed by atoms with Crippen molar-refractivity contribution in [1.29, 1.82) is 0 Å². The predicted molar refractivity (Wildman–Crippen MR) is 78.6 cm³/mol. The molecule has 0 saturated carbocycles. The van der Waals surface area contributed by atoms with E-state index in [9.17, 15) is 4.79 Å². The maximum atomic E-state index is 12.2. The van der Waals surface area contributed by atoms with Gasteiger partial charge < -0.3 is 10.3 Å². The highest BCUT2D eigenvalue weighted by Gasteiger charge is 2.10. The minimum absolute atomic E-state index is 0.0449. The van der Waals surface area contributed by atoms with Crippen LogP contribution in [0.2, 0.25) is 0 Å². The molecule has 0 atom stereocenters. The van der Waals surface area contributed by atoms with Gasteiger partial charge in [-0.2, -0.15) is 0 Å². The average molecular weight is 265 g/mol. The Morgan fingerprint density at radius 2 is 1.95 bits per heavy atom. The molecule has 100 valence electrons. The van der Waals surface area contributed by atoms with E-state index < -0.39 is 0 Å². The topological polar surface area (TPSA) is 57.8 Å². The van der Waals surface area contributed by atoms with E-state index in [2.05, 4.69) is 15.3 Å². The predicted octanol–water partition coefficient (Wildman–Crippen LogP) is 2.54. The number of fused-ring (bicyclic) bond motifs is 1. The fourth-order valence-corrected chi connectivity index (χ4v) is 2.22. The van der Waals surface area contributed by atoms with Gasteiger partial charge in [0.15, 0.2) is 0 Å². The quantitative estimate of drug-likeness (QED) is 0.761. The molecule has 2 N–H and O–H groups in total. The molecule has 0 bridgehead atoms.